The van der Waals surface area contributed by atoms with Crippen molar-refractivity contribution in [2.45, 2.75) is 45.4 Å². The van der Waals surface area contributed by atoms with E-state index in [1.165, 1.54) is 22.9 Å². The van der Waals surface area contributed by atoms with Crippen molar-refractivity contribution < 1.29 is 19.4 Å². The summed E-state index contributed by atoms with van der Waals surface area (Å²) >= 11 is 0. The minimum absolute atomic E-state index is 0.111. The second-order valence-electron chi connectivity index (χ2n) is 6.04. The SMILES string of the molecule is CC(C)c1ccc([C@H](C)NC(=O)O[C@H](Cn2cncn2)C(=O)O)cc1. The minimum Gasteiger partial charge on any atom is -0.478 e. The Labute approximate surface area is 145 Å². The third kappa shape index (κ3) is 5.30. The molecule has 1 aromatic carbocycles. The molecule has 2 atom stereocenters. The van der Waals surface area contributed by atoms with Crippen LogP contribution in [0.5, 0.6) is 0 Å². The Bertz CT molecular complexity index is 698. The Morgan fingerprint density at radius 2 is 1.84 bits per heavy atom. The van der Waals surface area contributed by atoms with Gasteiger partial charge in [0, 0.05) is 0 Å². The van der Waals surface area contributed by atoms with Gasteiger partial charge in [-0.25, -0.2) is 19.3 Å². The molecular formula is C17H22N4O4. The predicted molar refractivity (Wildman–Crippen MR) is 90.0 cm³/mol. The number of rotatable bonds is 7. The molecule has 0 spiro atoms. The highest BCUT2D eigenvalue weighted by Gasteiger charge is 2.24. The van der Waals surface area contributed by atoms with Gasteiger partial charge in [0.15, 0.2) is 0 Å². The summed E-state index contributed by atoms with van der Waals surface area (Å²) in [5.74, 6) is -0.824. The van der Waals surface area contributed by atoms with Gasteiger partial charge in [-0.05, 0) is 24.0 Å². The van der Waals surface area contributed by atoms with Crippen LogP contribution in [0.25, 0.3) is 0 Å². The number of alkyl carbamates (subject to hydrolysis) is 1. The fourth-order valence-corrected chi connectivity index (χ4v) is 2.26. The second-order valence-corrected chi connectivity index (χ2v) is 6.04. The van der Waals surface area contributed by atoms with E-state index in [0.717, 1.165) is 5.56 Å². The molecule has 0 unspecified atom stereocenters. The predicted octanol–water partition coefficient (Wildman–Crippen LogP) is 2.34. The first-order valence-corrected chi connectivity index (χ1v) is 7.99. The van der Waals surface area contributed by atoms with Crippen LogP contribution in [-0.2, 0) is 16.1 Å². The van der Waals surface area contributed by atoms with Crippen molar-refractivity contribution in [3.63, 3.8) is 0 Å². The summed E-state index contributed by atoms with van der Waals surface area (Å²) < 4.78 is 6.29. The van der Waals surface area contributed by atoms with E-state index in [0.29, 0.717) is 5.92 Å². The third-order valence-corrected chi connectivity index (χ3v) is 3.78. The van der Waals surface area contributed by atoms with Gasteiger partial charge >= 0.3 is 12.1 Å². The summed E-state index contributed by atoms with van der Waals surface area (Å²) in [5.41, 5.74) is 2.11. The fraction of sp³-hybridized carbons (Fsp3) is 0.412. The molecule has 0 aliphatic heterocycles. The number of amides is 1. The highest BCUT2D eigenvalue weighted by Crippen LogP contribution is 2.18. The van der Waals surface area contributed by atoms with Crippen LogP contribution < -0.4 is 5.32 Å². The lowest BCUT2D eigenvalue weighted by atomic mass is 10.00. The maximum absolute atomic E-state index is 12.0. The van der Waals surface area contributed by atoms with E-state index in [9.17, 15) is 14.7 Å². The van der Waals surface area contributed by atoms with Gasteiger partial charge in [0.25, 0.3) is 0 Å². The molecule has 2 rings (SSSR count). The molecule has 0 aliphatic rings. The highest BCUT2D eigenvalue weighted by atomic mass is 16.6. The number of ether oxygens (including phenoxy) is 1. The van der Waals surface area contributed by atoms with Crippen LogP contribution in [0.3, 0.4) is 0 Å². The summed E-state index contributed by atoms with van der Waals surface area (Å²) in [4.78, 5) is 27.0. The van der Waals surface area contributed by atoms with Crippen LogP contribution in [-0.4, -0.2) is 38.0 Å². The number of aliphatic carboxylic acids is 1. The first-order chi connectivity index (χ1) is 11.9. The fourth-order valence-electron chi connectivity index (χ4n) is 2.26. The van der Waals surface area contributed by atoms with Crippen LogP contribution in [0.4, 0.5) is 4.79 Å². The van der Waals surface area contributed by atoms with E-state index in [2.05, 4.69) is 29.2 Å². The summed E-state index contributed by atoms with van der Waals surface area (Å²) in [6.07, 6.45) is 0.489. The lowest BCUT2D eigenvalue weighted by Crippen LogP contribution is -2.37. The van der Waals surface area contributed by atoms with Gasteiger partial charge in [-0.15, -0.1) is 0 Å². The molecule has 8 nitrogen and oxygen atoms in total. The number of nitrogens with zero attached hydrogens (tertiary/aromatic N) is 3. The molecule has 0 fully saturated rings. The van der Waals surface area contributed by atoms with Gasteiger partial charge < -0.3 is 15.2 Å². The summed E-state index contributed by atoms with van der Waals surface area (Å²) in [5, 5.41) is 15.6. The van der Waals surface area contributed by atoms with E-state index in [1.807, 2.05) is 24.3 Å². The molecule has 0 aliphatic carbocycles. The van der Waals surface area contributed by atoms with E-state index in [1.54, 1.807) is 6.92 Å². The smallest absolute Gasteiger partial charge is 0.408 e. The number of aromatic nitrogens is 3. The Hall–Kier alpha value is -2.90. The molecule has 1 heterocycles. The first kappa shape index (κ1) is 18.4. The quantitative estimate of drug-likeness (QED) is 0.797. The number of carbonyl (C=O) groups is 2. The Morgan fingerprint density at radius 1 is 1.20 bits per heavy atom. The molecule has 0 radical (unpaired) electrons. The molecule has 0 saturated carbocycles. The van der Waals surface area contributed by atoms with Crippen molar-refractivity contribution in [1.82, 2.24) is 20.1 Å². The van der Waals surface area contributed by atoms with Gasteiger partial charge in [0.05, 0.1) is 12.6 Å². The first-order valence-electron chi connectivity index (χ1n) is 7.99. The maximum Gasteiger partial charge on any atom is 0.408 e. The van der Waals surface area contributed by atoms with E-state index >= 15 is 0 Å². The molecule has 0 bridgehead atoms. The number of carboxylic acid groups (broad SMARTS) is 1. The zero-order chi connectivity index (χ0) is 18.4. The number of carbonyl (C=O) groups excluding carboxylic acids is 1. The van der Waals surface area contributed by atoms with Crippen molar-refractivity contribution >= 4 is 12.1 Å². The number of hydrogen-bond acceptors (Lipinski definition) is 5. The average molecular weight is 346 g/mol. The van der Waals surface area contributed by atoms with Crippen molar-refractivity contribution in [3.05, 3.63) is 48.0 Å². The van der Waals surface area contributed by atoms with Crippen molar-refractivity contribution in [2.24, 2.45) is 0 Å². The lowest BCUT2D eigenvalue weighted by Gasteiger charge is -2.18. The normalized spacial score (nSPS) is 13.3. The Morgan fingerprint density at radius 3 is 2.36 bits per heavy atom. The second kappa shape index (κ2) is 8.27. The molecule has 1 amide bonds. The Balaban J connectivity index is 1.93. The lowest BCUT2D eigenvalue weighted by molar-refractivity contribution is -0.147. The van der Waals surface area contributed by atoms with Gasteiger partial charge in [0.2, 0.25) is 6.10 Å². The summed E-state index contributed by atoms with van der Waals surface area (Å²) in [6.45, 7) is 5.91. The number of hydrogen-bond donors (Lipinski definition) is 2. The van der Waals surface area contributed by atoms with Gasteiger partial charge in [-0.2, -0.15) is 5.10 Å². The van der Waals surface area contributed by atoms with Crippen molar-refractivity contribution in [1.29, 1.82) is 0 Å². The topological polar surface area (TPSA) is 106 Å². The molecule has 2 aromatic rings. The van der Waals surface area contributed by atoms with E-state index in [4.69, 9.17) is 4.74 Å². The molecule has 8 heteroatoms. The monoisotopic (exact) mass is 346 g/mol. The van der Waals surface area contributed by atoms with Gasteiger partial charge in [-0.1, -0.05) is 38.1 Å². The van der Waals surface area contributed by atoms with Crippen LogP contribution in [0.2, 0.25) is 0 Å². The molecule has 0 saturated heterocycles. The maximum atomic E-state index is 12.0. The standard InChI is InChI=1S/C17H22N4O4/c1-11(2)13-4-6-14(7-5-13)12(3)20-17(24)25-15(16(22)23)8-21-10-18-9-19-21/h4-7,9-12,15H,8H2,1-3H3,(H,20,24)(H,22,23)/t12-,15+/m0/s1. The Kier molecular flexibility index (Phi) is 6.10. The highest BCUT2D eigenvalue weighted by molar-refractivity contribution is 5.77. The molecule has 134 valence electrons. The van der Waals surface area contributed by atoms with Crippen molar-refractivity contribution in [3.8, 4) is 0 Å². The summed E-state index contributed by atoms with van der Waals surface area (Å²) in [7, 11) is 0. The van der Waals surface area contributed by atoms with Crippen LogP contribution in [0.1, 0.15) is 43.9 Å². The van der Waals surface area contributed by atoms with Crippen LogP contribution in [0, 0.1) is 0 Å². The number of carboxylic acids is 1. The molecule has 1 aromatic heterocycles. The van der Waals surface area contributed by atoms with Crippen LogP contribution >= 0.6 is 0 Å². The number of benzene rings is 1. The summed E-state index contributed by atoms with van der Waals surface area (Å²) in [6, 6.07) is 7.58. The largest absolute Gasteiger partial charge is 0.478 e. The van der Waals surface area contributed by atoms with Crippen LogP contribution in [0.15, 0.2) is 36.9 Å². The molecule has 25 heavy (non-hydrogen) atoms. The zero-order valence-electron chi connectivity index (χ0n) is 14.4. The van der Waals surface area contributed by atoms with Crippen molar-refractivity contribution in [2.75, 3.05) is 0 Å². The third-order valence-electron chi connectivity index (χ3n) is 3.78. The molecule has 2 N–H and O–H groups in total. The number of nitrogens with one attached hydrogen (secondary N) is 1. The minimum atomic E-state index is -1.35. The van der Waals surface area contributed by atoms with E-state index < -0.39 is 18.2 Å². The average Bonchev–Trinajstić information content (AvgIpc) is 3.07. The zero-order valence-corrected chi connectivity index (χ0v) is 14.4. The van der Waals surface area contributed by atoms with Gasteiger partial charge in [-0.3, -0.25) is 0 Å². The molecular weight excluding hydrogens is 324 g/mol. The van der Waals surface area contributed by atoms with E-state index in [-0.39, 0.29) is 12.6 Å². The van der Waals surface area contributed by atoms with Gasteiger partial charge in [0.1, 0.15) is 12.7 Å².